The third kappa shape index (κ3) is 3.51. The second-order valence-corrected chi connectivity index (χ2v) is 5.62. The minimum absolute atomic E-state index is 0.356. The van der Waals surface area contributed by atoms with Crippen LogP contribution in [-0.4, -0.2) is 25.4 Å². The maximum atomic E-state index is 12.1. The summed E-state index contributed by atoms with van der Waals surface area (Å²) in [6.45, 7) is 2.33. The first-order valence-electron chi connectivity index (χ1n) is 7.71. The molecule has 1 aliphatic rings. The van der Waals surface area contributed by atoms with E-state index in [0.717, 1.165) is 5.56 Å². The Morgan fingerprint density at radius 1 is 1.24 bits per heavy atom. The number of carbonyl (C=O) groups excluding carboxylic acids is 1. The Bertz CT molecular complexity index is 859. The lowest BCUT2D eigenvalue weighted by molar-refractivity contribution is -0.136. The van der Waals surface area contributed by atoms with Crippen molar-refractivity contribution >= 4 is 29.4 Å². The lowest BCUT2D eigenvalue weighted by Gasteiger charge is -2.12. The van der Waals surface area contributed by atoms with Crippen LogP contribution in [0.25, 0.3) is 6.08 Å². The van der Waals surface area contributed by atoms with Gasteiger partial charge in [-0.05, 0) is 30.7 Å². The summed E-state index contributed by atoms with van der Waals surface area (Å²) in [5.41, 5.74) is 2.32. The molecule has 0 fully saturated rings. The lowest BCUT2D eigenvalue weighted by Crippen LogP contribution is -2.06. The van der Waals surface area contributed by atoms with Crippen molar-refractivity contribution in [2.24, 2.45) is 5.16 Å². The average molecular weight is 358 g/mol. The Labute approximate surface area is 150 Å². The first kappa shape index (κ1) is 17.0. The number of benzene rings is 2. The van der Waals surface area contributed by atoms with E-state index in [-0.39, 0.29) is 0 Å². The van der Waals surface area contributed by atoms with Crippen LogP contribution in [0.15, 0.2) is 53.2 Å². The highest BCUT2D eigenvalue weighted by atomic mass is 35.5. The number of oxime groups is 1. The van der Waals surface area contributed by atoms with Gasteiger partial charge in [-0.2, -0.15) is 0 Å². The smallest absolute Gasteiger partial charge is 0.368 e. The molecule has 0 saturated carbocycles. The number of rotatable bonds is 5. The predicted molar refractivity (Wildman–Crippen MR) is 96.2 cm³/mol. The van der Waals surface area contributed by atoms with Crippen LogP contribution in [0, 0.1) is 0 Å². The number of carbonyl (C=O) groups is 1. The lowest BCUT2D eigenvalue weighted by atomic mass is 10.0. The Hall–Kier alpha value is -2.79. The molecule has 128 valence electrons. The Balaban J connectivity index is 2.04. The van der Waals surface area contributed by atoms with Crippen molar-refractivity contribution in [3.8, 4) is 11.5 Å². The van der Waals surface area contributed by atoms with E-state index in [4.69, 9.17) is 25.9 Å². The van der Waals surface area contributed by atoms with E-state index < -0.39 is 5.97 Å². The molecule has 0 bridgehead atoms. The van der Waals surface area contributed by atoms with Crippen LogP contribution in [-0.2, 0) is 9.63 Å². The van der Waals surface area contributed by atoms with Gasteiger partial charge in [-0.15, -0.1) is 0 Å². The van der Waals surface area contributed by atoms with E-state index in [1.807, 2.05) is 37.3 Å². The van der Waals surface area contributed by atoms with Crippen LogP contribution in [0.3, 0.4) is 0 Å². The molecule has 0 N–H and O–H groups in total. The van der Waals surface area contributed by atoms with Crippen LogP contribution in [0.5, 0.6) is 11.5 Å². The van der Waals surface area contributed by atoms with Crippen molar-refractivity contribution in [1.82, 2.24) is 0 Å². The average Bonchev–Trinajstić information content (AvgIpc) is 2.97. The van der Waals surface area contributed by atoms with Crippen LogP contribution < -0.4 is 9.47 Å². The second-order valence-electron chi connectivity index (χ2n) is 5.21. The van der Waals surface area contributed by atoms with E-state index >= 15 is 0 Å². The van der Waals surface area contributed by atoms with Gasteiger partial charge in [0, 0.05) is 5.56 Å². The van der Waals surface area contributed by atoms with Gasteiger partial charge < -0.3 is 14.3 Å². The van der Waals surface area contributed by atoms with Gasteiger partial charge in [0.15, 0.2) is 11.5 Å². The summed E-state index contributed by atoms with van der Waals surface area (Å²) in [7, 11) is 1.52. The fourth-order valence-electron chi connectivity index (χ4n) is 2.51. The third-order valence-electron chi connectivity index (χ3n) is 3.59. The minimum Gasteiger partial charge on any atom is -0.491 e. The van der Waals surface area contributed by atoms with E-state index in [9.17, 15) is 4.79 Å². The summed E-state index contributed by atoms with van der Waals surface area (Å²) in [5.74, 6) is 0.453. The largest absolute Gasteiger partial charge is 0.491 e. The molecule has 0 unspecified atom stereocenters. The Kier molecular flexibility index (Phi) is 5.05. The van der Waals surface area contributed by atoms with Crippen molar-refractivity contribution in [3.05, 3.63) is 64.2 Å². The highest BCUT2D eigenvalue weighted by molar-refractivity contribution is 6.33. The first-order valence-corrected chi connectivity index (χ1v) is 8.09. The molecule has 1 heterocycles. The Morgan fingerprint density at radius 3 is 2.68 bits per heavy atom. The number of halogens is 1. The van der Waals surface area contributed by atoms with Gasteiger partial charge >= 0.3 is 5.97 Å². The standard InChI is InChI=1S/C19H16ClNO4/c1-3-24-16-11-12(10-15(20)18(16)23-2)9-14-17(21-25-19(14)22)13-7-5-4-6-8-13/h4-11H,3H2,1-2H3/b14-9-. The zero-order valence-corrected chi connectivity index (χ0v) is 14.5. The first-order chi connectivity index (χ1) is 12.1. The van der Waals surface area contributed by atoms with Crippen molar-refractivity contribution in [3.63, 3.8) is 0 Å². The SMILES string of the molecule is CCOc1cc(/C=C2\C(=O)ON=C2c2ccccc2)cc(Cl)c1OC. The molecule has 0 radical (unpaired) electrons. The topological polar surface area (TPSA) is 57.1 Å². The van der Waals surface area contributed by atoms with Crippen molar-refractivity contribution in [2.75, 3.05) is 13.7 Å². The molecule has 0 atom stereocenters. The molecule has 3 rings (SSSR count). The highest BCUT2D eigenvalue weighted by Crippen LogP contribution is 2.37. The van der Waals surface area contributed by atoms with Crippen molar-refractivity contribution in [2.45, 2.75) is 6.92 Å². The van der Waals surface area contributed by atoms with E-state index in [2.05, 4.69) is 5.16 Å². The Morgan fingerprint density at radius 2 is 2.00 bits per heavy atom. The van der Waals surface area contributed by atoms with Gasteiger partial charge in [0.2, 0.25) is 0 Å². The number of nitrogens with zero attached hydrogens (tertiary/aromatic N) is 1. The molecule has 1 aliphatic heterocycles. The van der Waals surface area contributed by atoms with Gasteiger partial charge in [0.05, 0.1) is 24.3 Å². The fraction of sp³-hybridized carbons (Fsp3) is 0.158. The van der Waals surface area contributed by atoms with Gasteiger partial charge in [-0.1, -0.05) is 47.1 Å². The summed E-state index contributed by atoms with van der Waals surface area (Å²) in [5, 5.41) is 4.28. The van der Waals surface area contributed by atoms with E-state index in [1.54, 1.807) is 18.2 Å². The van der Waals surface area contributed by atoms with Gasteiger partial charge in [-0.25, -0.2) is 4.79 Å². The van der Waals surface area contributed by atoms with Gasteiger partial charge in [0.25, 0.3) is 0 Å². The molecular formula is C19H16ClNO4. The molecule has 2 aromatic rings. The molecule has 5 nitrogen and oxygen atoms in total. The molecule has 0 aliphatic carbocycles. The van der Waals surface area contributed by atoms with E-state index in [1.165, 1.54) is 7.11 Å². The summed E-state index contributed by atoms with van der Waals surface area (Å²) < 4.78 is 10.8. The fourth-order valence-corrected chi connectivity index (χ4v) is 2.81. The predicted octanol–water partition coefficient (Wildman–Crippen LogP) is 4.09. The minimum atomic E-state index is -0.510. The summed E-state index contributed by atoms with van der Waals surface area (Å²) in [6, 6.07) is 12.8. The zero-order chi connectivity index (χ0) is 17.8. The molecule has 6 heteroatoms. The second kappa shape index (κ2) is 7.40. The molecule has 25 heavy (non-hydrogen) atoms. The molecule has 0 saturated heterocycles. The number of methoxy groups -OCH3 is 1. The molecule has 0 amide bonds. The number of ether oxygens (including phenoxy) is 2. The molecule has 0 aromatic heterocycles. The maximum Gasteiger partial charge on any atom is 0.368 e. The van der Waals surface area contributed by atoms with Crippen LogP contribution in [0.4, 0.5) is 0 Å². The summed E-state index contributed by atoms with van der Waals surface area (Å²) in [6.07, 6.45) is 1.68. The van der Waals surface area contributed by atoms with Crippen LogP contribution in [0.2, 0.25) is 5.02 Å². The molecular weight excluding hydrogens is 342 g/mol. The van der Waals surface area contributed by atoms with Crippen LogP contribution >= 0.6 is 11.6 Å². The number of hydrogen-bond acceptors (Lipinski definition) is 5. The quantitative estimate of drug-likeness (QED) is 0.597. The van der Waals surface area contributed by atoms with Gasteiger partial charge in [0.1, 0.15) is 5.71 Å². The summed E-state index contributed by atoms with van der Waals surface area (Å²) >= 11 is 6.26. The summed E-state index contributed by atoms with van der Waals surface area (Å²) in [4.78, 5) is 16.9. The van der Waals surface area contributed by atoms with Crippen molar-refractivity contribution in [1.29, 1.82) is 0 Å². The van der Waals surface area contributed by atoms with Crippen molar-refractivity contribution < 1.29 is 19.1 Å². The van der Waals surface area contributed by atoms with Gasteiger partial charge in [-0.3, -0.25) is 0 Å². The zero-order valence-electron chi connectivity index (χ0n) is 13.8. The monoisotopic (exact) mass is 357 g/mol. The highest BCUT2D eigenvalue weighted by Gasteiger charge is 2.27. The maximum absolute atomic E-state index is 12.1. The normalized spacial score (nSPS) is 15.1. The number of hydrogen-bond donors (Lipinski definition) is 0. The molecule has 2 aromatic carbocycles. The van der Waals surface area contributed by atoms with Crippen LogP contribution in [0.1, 0.15) is 18.1 Å². The molecule has 0 spiro atoms. The van der Waals surface area contributed by atoms with E-state index in [0.29, 0.717) is 40.0 Å². The third-order valence-corrected chi connectivity index (χ3v) is 3.87.